The quantitative estimate of drug-likeness (QED) is 0.168. The largest absolute Gasteiger partial charge is 0.309 e. The zero-order valence-corrected chi connectivity index (χ0v) is 34.7. The fraction of sp³-hybridized carbons (Fsp3) is 0. The molecule has 0 aliphatic heterocycles. The van der Waals surface area contributed by atoms with E-state index in [0.29, 0.717) is 17.5 Å². The number of thiophene rings is 1. The van der Waals surface area contributed by atoms with Crippen molar-refractivity contribution in [3.8, 4) is 56.7 Å². The summed E-state index contributed by atoms with van der Waals surface area (Å²) >= 11 is 1.89. The van der Waals surface area contributed by atoms with E-state index in [2.05, 4.69) is 161 Å². The predicted octanol–water partition coefficient (Wildman–Crippen LogP) is 15.1. The van der Waals surface area contributed by atoms with Gasteiger partial charge in [0.1, 0.15) is 0 Å². The smallest absolute Gasteiger partial charge is 0.164 e. The number of rotatable bonds is 6. The number of aromatic nitrogens is 5. The van der Waals surface area contributed by atoms with Gasteiger partial charge in [0.15, 0.2) is 17.5 Å². The van der Waals surface area contributed by atoms with E-state index in [4.69, 9.17) is 15.0 Å². The molecule has 63 heavy (non-hydrogen) atoms. The van der Waals surface area contributed by atoms with E-state index in [1.807, 2.05) is 72.0 Å². The van der Waals surface area contributed by atoms with E-state index in [9.17, 15) is 0 Å². The molecule has 0 fully saturated rings. The van der Waals surface area contributed by atoms with Gasteiger partial charge in [-0.1, -0.05) is 158 Å². The van der Waals surface area contributed by atoms with Crippen molar-refractivity contribution in [2.75, 3.05) is 0 Å². The molecular weight excluding hydrogens is 787 g/mol. The summed E-state index contributed by atoms with van der Waals surface area (Å²) in [5, 5.41) is 7.58. The highest BCUT2D eigenvalue weighted by atomic mass is 32.1. The first-order valence-electron chi connectivity index (χ1n) is 21.2. The van der Waals surface area contributed by atoms with Gasteiger partial charge in [-0.25, -0.2) is 15.0 Å². The van der Waals surface area contributed by atoms with Crippen molar-refractivity contribution >= 4 is 75.1 Å². The third kappa shape index (κ3) is 5.73. The summed E-state index contributed by atoms with van der Waals surface area (Å²) < 4.78 is 7.52. The van der Waals surface area contributed by atoms with Gasteiger partial charge >= 0.3 is 0 Å². The Balaban J connectivity index is 0.950. The molecule has 0 spiro atoms. The molecule has 0 unspecified atom stereocenters. The lowest BCUT2D eigenvalue weighted by Gasteiger charge is -2.12. The molecule has 6 heteroatoms. The van der Waals surface area contributed by atoms with Crippen LogP contribution in [0.1, 0.15) is 0 Å². The maximum Gasteiger partial charge on any atom is 0.164 e. The maximum atomic E-state index is 5.02. The monoisotopic (exact) mass is 821 g/mol. The van der Waals surface area contributed by atoms with Gasteiger partial charge in [0.25, 0.3) is 0 Å². The van der Waals surface area contributed by atoms with Crippen LogP contribution in [0.3, 0.4) is 0 Å². The minimum Gasteiger partial charge on any atom is -0.309 e. The molecule has 0 aliphatic rings. The van der Waals surface area contributed by atoms with Gasteiger partial charge in [0.2, 0.25) is 0 Å². The summed E-state index contributed by atoms with van der Waals surface area (Å²) in [6.07, 6.45) is 0. The van der Waals surface area contributed by atoms with Crippen LogP contribution in [0.2, 0.25) is 0 Å². The van der Waals surface area contributed by atoms with Gasteiger partial charge in [-0.3, -0.25) is 0 Å². The van der Waals surface area contributed by atoms with Crippen LogP contribution in [0.4, 0.5) is 0 Å². The molecule has 294 valence electrons. The first kappa shape index (κ1) is 35.6. The highest BCUT2D eigenvalue weighted by molar-refractivity contribution is 7.26. The Kier molecular flexibility index (Phi) is 8.01. The van der Waals surface area contributed by atoms with Gasteiger partial charge in [0, 0.05) is 65.1 Å². The van der Waals surface area contributed by atoms with Crippen LogP contribution in [-0.2, 0) is 0 Å². The molecular formula is C57H35N5S. The molecule has 9 aromatic carbocycles. The lowest BCUT2D eigenvalue weighted by molar-refractivity contribution is 1.07. The molecule has 0 amide bonds. The average molecular weight is 822 g/mol. The third-order valence-corrected chi connectivity index (χ3v) is 13.5. The Bertz CT molecular complexity index is 3860. The molecule has 4 aromatic heterocycles. The number of nitrogens with zero attached hydrogens (tertiary/aromatic N) is 5. The minimum atomic E-state index is 0.634. The molecule has 13 aromatic rings. The summed E-state index contributed by atoms with van der Waals surface area (Å²) in [6, 6.07) is 75.6. The van der Waals surface area contributed by atoms with Crippen molar-refractivity contribution in [3.63, 3.8) is 0 Å². The topological polar surface area (TPSA) is 48.5 Å². The fourth-order valence-electron chi connectivity index (χ4n) is 9.48. The molecule has 5 nitrogen and oxygen atoms in total. The molecule has 0 radical (unpaired) electrons. The van der Waals surface area contributed by atoms with E-state index in [0.717, 1.165) is 50.2 Å². The highest BCUT2D eigenvalue weighted by Crippen LogP contribution is 2.44. The van der Waals surface area contributed by atoms with E-state index < -0.39 is 0 Å². The van der Waals surface area contributed by atoms with Crippen LogP contribution in [-0.4, -0.2) is 24.1 Å². The number of para-hydroxylation sites is 2. The van der Waals surface area contributed by atoms with Crippen LogP contribution >= 0.6 is 11.3 Å². The lowest BCUT2D eigenvalue weighted by Crippen LogP contribution is -2.00. The van der Waals surface area contributed by atoms with Crippen molar-refractivity contribution < 1.29 is 0 Å². The maximum absolute atomic E-state index is 5.02. The Labute approximate surface area is 366 Å². The normalized spacial score (nSPS) is 11.8. The fourth-order valence-corrected chi connectivity index (χ4v) is 10.7. The first-order chi connectivity index (χ1) is 31.2. The summed E-state index contributed by atoms with van der Waals surface area (Å²) in [5.41, 5.74) is 12.1. The molecule has 0 atom stereocenters. The molecule has 0 N–H and O–H groups in total. The standard InChI is InChI=1S/C57H35N5S/c1-3-15-36(16-4-1)55-58-56(37-17-5-2-6-18-37)60-57(59-55)40-21-13-19-38(33-40)39-20-14-22-41(34-39)61-49-26-10-8-24-44(49)48-35-42(29-32-51(48)61)62-50-27-11-7-23-43(50)46-30-31-47-45-25-9-12-28-52(45)63-54(47)53(46)62/h1-35H. The lowest BCUT2D eigenvalue weighted by atomic mass is 10.0. The summed E-state index contributed by atoms with van der Waals surface area (Å²) in [5.74, 6) is 1.93. The zero-order valence-electron chi connectivity index (χ0n) is 33.9. The van der Waals surface area contributed by atoms with Gasteiger partial charge in [-0.2, -0.15) is 0 Å². The molecule has 4 heterocycles. The summed E-state index contributed by atoms with van der Waals surface area (Å²) in [4.78, 5) is 14.9. The second-order valence-electron chi connectivity index (χ2n) is 16.0. The molecule has 0 saturated heterocycles. The zero-order chi connectivity index (χ0) is 41.4. The van der Waals surface area contributed by atoms with Crippen LogP contribution in [0.25, 0.3) is 120 Å². The second-order valence-corrected chi connectivity index (χ2v) is 17.1. The number of hydrogen-bond donors (Lipinski definition) is 0. The minimum absolute atomic E-state index is 0.634. The van der Waals surface area contributed by atoms with Gasteiger partial charge < -0.3 is 9.13 Å². The summed E-state index contributed by atoms with van der Waals surface area (Å²) in [6.45, 7) is 0. The van der Waals surface area contributed by atoms with Crippen LogP contribution in [0.15, 0.2) is 212 Å². The van der Waals surface area contributed by atoms with Crippen LogP contribution in [0.5, 0.6) is 0 Å². The van der Waals surface area contributed by atoms with E-state index in [-0.39, 0.29) is 0 Å². The summed E-state index contributed by atoms with van der Waals surface area (Å²) in [7, 11) is 0. The van der Waals surface area contributed by atoms with E-state index in [1.165, 1.54) is 52.8 Å². The number of hydrogen-bond acceptors (Lipinski definition) is 4. The van der Waals surface area contributed by atoms with E-state index in [1.54, 1.807) is 0 Å². The highest BCUT2D eigenvalue weighted by Gasteiger charge is 2.20. The Hall–Kier alpha value is -8.19. The molecule has 0 bridgehead atoms. The van der Waals surface area contributed by atoms with Crippen molar-refractivity contribution in [1.29, 1.82) is 0 Å². The molecule has 0 saturated carbocycles. The first-order valence-corrected chi connectivity index (χ1v) is 22.0. The SMILES string of the molecule is c1ccc(-c2nc(-c3ccccc3)nc(-c3cccc(-c4cccc(-n5c6ccccc6c6cc(-n7c8ccccc8c8ccc9c%10ccccc%10sc9c87)ccc65)c4)c3)n2)cc1. The Morgan fingerprint density at radius 1 is 0.302 bits per heavy atom. The van der Waals surface area contributed by atoms with Crippen molar-refractivity contribution in [2.45, 2.75) is 0 Å². The Morgan fingerprint density at radius 2 is 0.810 bits per heavy atom. The van der Waals surface area contributed by atoms with Crippen LogP contribution in [0, 0.1) is 0 Å². The van der Waals surface area contributed by atoms with Crippen molar-refractivity contribution in [1.82, 2.24) is 24.1 Å². The predicted molar refractivity (Wildman–Crippen MR) is 263 cm³/mol. The second kappa shape index (κ2) is 14.2. The van der Waals surface area contributed by atoms with E-state index >= 15 is 0 Å². The van der Waals surface area contributed by atoms with Gasteiger partial charge in [0.05, 0.1) is 26.8 Å². The van der Waals surface area contributed by atoms with Gasteiger partial charge in [-0.05, 0) is 65.7 Å². The van der Waals surface area contributed by atoms with Crippen molar-refractivity contribution in [2.24, 2.45) is 0 Å². The molecule has 13 rings (SSSR count). The molecule has 0 aliphatic carbocycles. The van der Waals surface area contributed by atoms with Crippen LogP contribution < -0.4 is 0 Å². The number of benzene rings is 9. The average Bonchev–Trinajstić information content (AvgIpc) is 4.02. The third-order valence-electron chi connectivity index (χ3n) is 12.4. The Morgan fingerprint density at radius 3 is 1.54 bits per heavy atom. The van der Waals surface area contributed by atoms with Crippen molar-refractivity contribution in [3.05, 3.63) is 212 Å². The number of fused-ring (bicyclic) bond motifs is 10. The van der Waals surface area contributed by atoms with Gasteiger partial charge in [-0.15, -0.1) is 11.3 Å².